The Hall–Kier alpha value is -0.0800. The second-order valence-corrected chi connectivity index (χ2v) is 6.57. The van der Waals surface area contributed by atoms with Crippen molar-refractivity contribution >= 4 is 37.4 Å². The molecule has 0 nitrogen and oxygen atoms in total. The minimum atomic E-state index is 1.09. The van der Waals surface area contributed by atoms with Crippen LogP contribution in [0.15, 0.2) is 33.7 Å². The Labute approximate surface area is 115 Å². The first kappa shape index (κ1) is 14.0. The van der Waals surface area contributed by atoms with Crippen molar-refractivity contribution in [3.05, 3.63) is 39.3 Å². The zero-order chi connectivity index (χ0) is 11.8. The first-order valence-corrected chi connectivity index (χ1v) is 7.44. The van der Waals surface area contributed by atoms with Crippen LogP contribution in [0.25, 0.3) is 5.57 Å². The average molecular weight is 346 g/mol. The van der Waals surface area contributed by atoms with E-state index in [1.807, 2.05) is 0 Å². The molecule has 0 aliphatic carbocycles. The first-order chi connectivity index (χ1) is 7.75. The smallest absolute Gasteiger partial charge is 0.0642 e. The van der Waals surface area contributed by atoms with E-state index in [2.05, 4.69) is 69.1 Å². The standard InChI is InChI=1S/C14H18Br2/c1-2-3-4-8-11-13(14(15)16)12-9-6-5-7-10-12/h5-7,9-10H,2-4,8,11H2,1H3. The third-order valence-corrected chi connectivity index (χ3v) is 3.59. The van der Waals surface area contributed by atoms with Crippen LogP contribution >= 0.6 is 31.9 Å². The summed E-state index contributed by atoms with van der Waals surface area (Å²) in [4.78, 5) is 0. The molecule has 0 bridgehead atoms. The molecule has 0 N–H and O–H groups in total. The summed E-state index contributed by atoms with van der Waals surface area (Å²) in [6.45, 7) is 2.24. The summed E-state index contributed by atoms with van der Waals surface area (Å²) in [6.07, 6.45) is 6.34. The maximum absolute atomic E-state index is 3.54. The number of halogens is 2. The lowest BCUT2D eigenvalue weighted by molar-refractivity contribution is 0.679. The fraction of sp³-hybridized carbons (Fsp3) is 0.429. The zero-order valence-electron chi connectivity index (χ0n) is 9.68. The average Bonchev–Trinajstić information content (AvgIpc) is 2.30. The van der Waals surface area contributed by atoms with E-state index in [0.717, 1.165) is 9.81 Å². The van der Waals surface area contributed by atoms with E-state index in [1.165, 1.54) is 36.8 Å². The van der Waals surface area contributed by atoms with Gasteiger partial charge in [-0.3, -0.25) is 0 Å². The van der Waals surface area contributed by atoms with E-state index < -0.39 is 0 Å². The number of hydrogen-bond acceptors (Lipinski definition) is 0. The molecule has 16 heavy (non-hydrogen) atoms. The summed E-state index contributed by atoms with van der Waals surface area (Å²) in [6, 6.07) is 10.6. The summed E-state index contributed by atoms with van der Waals surface area (Å²) in [5.41, 5.74) is 2.68. The van der Waals surface area contributed by atoms with Gasteiger partial charge in [0.05, 0.1) is 3.39 Å². The molecule has 0 amide bonds. The van der Waals surface area contributed by atoms with E-state index in [1.54, 1.807) is 0 Å². The van der Waals surface area contributed by atoms with Gasteiger partial charge in [0.1, 0.15) is 0 Å². The molecule has 1 rings (SSSR count). The van der Waals surface area contributed by atoms with Crippen LogP contribution in [-0.2, 0) is 0 Å². The fourth-order valence-electron chi connectivity index (χ4n) is 1.72. The Kier molecular flexibility index (Phi) is 7.06. The summed E-state index contributed by atoms with van der Waals surface area (Å²) < 4.78 is 1.09. The van der Waals surface area contributed by atoms with Gasteiger partial charge in [-0.1, -0.05) is 56.5 Å². The van der Waals surface area contributed by atoms with Gasteiger partial charge in [-0.25, -0.2) is 0 Å². The van der Waals surface area contributed by atoms with Crippen LogP contribution in [0.1, 0.15) is 44.6 Å². The lowest BCUT2D eigenvalue weighted by Crippen LogP contribution is -1.86. The second-order valence-electron chi connectivity index (χ2n) is 3.92. The summed E-state index contributed by atoms with van der Waals surface area (Å²) in [7, 11) is 0. The third-order valence-electron chi connectivity index (χ3n) is 2.63. The van der Waals surface area contributed by atoms with Crippen LogP contribution in [0.5, 0.6) is 0 Å². The van der Waals surface area contributed by atoms with Gasteiger partial charge in [0.25, 0.3) is 0 Å². The number of benzene rings is 1. The van der Waals surface area contributed by atoms with Crippen LogP contribution < -0.4 is 0 Å². The van der Waals surface area contributed by atoms with Crippen LogP contribution in [0.4, 0.5) is 0 Å². The molecule has 2 heteroatoms. The van der Waals surface area contributed by atoms with Gasteiger partial charge in [0, 0.05) is 0 Å². The highest BCUT2D eigenvalue weighted by molar-refractivity contribution is 9.28. The van der Waals surface area contributed by atoms with Crippen LogP contribution in [-0.4, -0.2) is 0 Å². The second kappa shape index (κ2) is 8.08. The summed E-state index contributed by atoms with van der Waals surface area (Å²) in [5, 5.41) is 0. The molecule has 0 unspecified atom stereocenters. The molecule has 0 aliphatic heterocycles. The molecular formula is C14H18Br2. The van der Waals surface area contributed by atoms with Crippen molar-refractivity contribution in [2.45, 2.75) is 39.0 Å². The highest BCUT2D eigenvalue weighted by Crippen LogP contribution is 2.31. The predicted octanol–water partition coefficient (Wildman–Crippen LogP) is 6.12. The number of unbranched alkanes of at least 4 members (excludes halogenated alkanes) is 3. The molecule has 0 saturated carbocycles. The molecule has 88 valence electrons. The van der Waals surface area contributed by atoms with Crippen molar-refractivity contribution in [1.29, 1.82) is 0 Å². The molecule has 0 atom stereocenters. The molecule has 0 aromatic heterocycles. The van der Waals surface area contributed by atoms with Crippen molar-refractivity contribution in [2.24, 2.45) is 0 Å². The highest BCUT2D eigenvalue weighted by Gasteiger charge is 2.04. The van der Waals surface area contributed by atoms with Gasteiger partial charge in [0.2, 0.25) is 0 Å². The largest absolute Gasteiger partial charge is 0.0654 e. The van der Waals surface area contributed by atoms with Gasteiger partial charge in [0.15, 0.2) is 0 Å². The maximum atomic E-state index is 3.54. The van der Waals surface area contributed by atoms with Crippen molar-refractivity contribution < 1.29 is 0 Å². The molecule has 0 aliphatic rings. The Bertz CT molecular complexity index is 324. The van der Waals surface area contributed by atoms with Crippen molar-refractivity contribution in [3.8, 4) is 0 Å². The third kappa shape index (κ3) is 4.84. The monoisotopic (exact) mass is 344 g/mol. The van der Waals surface area contributed by atoms with E-state index in [-0.39, 0.29) is 0 Å². The lowest BCUT2D eigenvalue weighted by atomic mass is 10.0. The number of rotatable bonds is 6. The van der Waals surface area contributed by atoms with Crippen molar-refractivity contribution in [1.82, 2.24) is 0 Å². The quantitative estimate of drug-likeness (QED) is 0.545. The molecule has 1 aromatic rings. The molecule has 0 fully saturated rings. The van der Waals surface area contributed by atoms with Gasteiger partial charge in [-0.15, -0.1) is 0 Å². The molecule has 0 heterocycles. The van der Waals surface area contributed by atoms with Crippen molar-refractivity contribution in [2.75, 3.05) is 0 Å². The maximum Gasteiger partial charge on any atom is 0.0642 e. The fourth-order valence-corrected chi connectivity index (χ4v) is 2.57. The summed E-state index contributed by atoms with van der Waals surface area (Å²) >= 11 is 7.09. The van der Waals surface area contributed by atoms with E-state index in [9.17, 15) is 0 Å². The minimum Gasteiger partial charge on any atom is -0.0654 e. The number of hydrogen-bond donors (Lipinski definition) is 0. The first-order valence-electron chi connectivity index (χ1n) is 5.85. The van der Waals surface area contributed by atoms with Crippen molar-refractivity contribution in [3.63, 3.8) is 0 Å². The normalized spacial score (nSPS) is 10.2. The molecular weight excluding hydrogens is 328 g/mol. The number of allylic oxidation sites excluding steroid dienone is 1. The van der Waals surface area contributed by atoms with E-state index >= 15 is 0 Å². The molecule has 0 saturated heterocycles. The lowest BCUT2D eigenvalue weighted by Gasteiger charge is -2.08. The molecule has 1 aromatic carbocycles. The van der Waals surface area contributed by atoms with E-state index in [4.69, 9.17) is 0 Å². The summed E-state index contributed by atoms with van der Waals surface area (Å²) in [5.74, 6) is 0. The SMILES string of the molecule is CCCCCCC(=C(Br)Br)c1ccccc1. The zero-order valence-corrected chi connectivity index (χ0v) is 12.9. The highest BCUT2D eigenvalue weighted by atomic mass is 79.9. The molecule has 0 radical (unpaired) electrons. The van der Waals surface area contributed by atoms with Crippen LogP contribution in [0.2, 0.25) is 0 Å². The van der Waals surface area contributed by atoms with Crippen LogP contribution in [0.3, 0.4) is 0 Å². The Balaban J connectivity index is 2.61. The Morgan fingerprint density at radius 2 is 1.69 bits per heavy atom. The van der Waals surface area contributed by atoms with E-state index in [0.29, 0.717) is 0 Å². The van der Waals surface area contributed by atoms with Gasteiger partial charge in [-0.05, 0) is 55.8 Å². The Morgan fingerprint density at radius 1 is 1.00 bits per heavy atom. The minimum absolute atomic E-state index is 1.09. The molecule has 0 spiro atoms. The van der Waals surface area contributed by atoms with Gasteiger partial charge in [-0.2, -0.15) is 0 Å². The predicted molar refractivity (Wildman–Crippen MR) is 80.0 cm³/mol. The van der Waals surface area contributed by atoms with Gasteiger partial charge < -0.3 is 0 Å². The topological polar surface area (TPSA) is 0 Å². The Morgan fingerprint density at radius 3 is 2.25 bits per heavy atom. The van der Waals surface area contributed by atoms with Crippen LogP contribution in [0, 0.1) is 0 Å². The van der Waals surface area contributed by atoms with Gasteiger partial charge >= 0.3 is 0 Å².